The number of nitro groups is 2. The van der Waals surface area contributed by atoms with E-state index in [1.807, 2.05) is 0 Å². The molecule has 0 aliphatic carbocycles. The maximum absolute atomic E-state index is 10.7. The van der Waals surface area contributed by atoms with Gasteiger partial charge in [0.25, 0.3) is 11.4 Å². The molecule has 0 spiro atoms. The van der Waals surface area contributed by atoms with Crippen molar-refractivity contribution >= 4 is 11.4 Å². The molecular weight excluding hydrogens is 308 g/mol. The highest BCUT2D eigenvalue weighted by Crippen LogP contribution is 2.33. The van der Waals surface area contributed by atoms with E-state index >= 15 is 0 Å². The van der Waals surface area contributed by atoms with E-state index in [0.717, 1.165) is 0 Å². The Hall–Kier alpha value is -3.64. The van der Waals surface area contributed by atoms with E-state index in [0.29, 0.717) is 11.1 Å². The summed E-state index contributed by atoms with van der Waals surface area (Å²) in [6, 6.07) is 11.7. The molecule has 24 heavy (non-hydrogen) atoms. The Bertz CT molecular complexity index is 769. The molecule has 118 valence electrons. The van der Waals surface area contributed by atoms with Crippen molar-refractivity contribution in [3.05, 3.63) is 79.9 Å². The van der Waals surface area contributed by atoms with Crippen LogP contribution < -0.4 is 0 Å². The van der Waals surface area contributed by atoms with Crippen molar-refractivity contribution in [2.24, 2.45) is 0 Å². The molecule has 0 aliphatic heterocycles. The number of hydrogen-bond donors (Lipinski definition) is 0. The third-order valence-corrected chi connectivity index (χ3v) is 3.62. The van der Waals surface area contributed by atoms with Crippen LogP contribution in [0.1, 0.15) is 23.0 Å². The minimum Gasteiger partial charge on any atom is -0.258 e. The van der Waals surface area contributed by atoms with Crippen LogP contribution in [0.15, 0.2) is 48.5 Å². The normalized spacial score (nSPS) is 12.4. The van der Waals surface area contributed by atoms with Crippen molar-refractivity contribution in [1.82, 2.24) is 0 Å². The number of terminal acetylenes is 2. The third kappa shape index (κ3) is 3.40. The lowest BCUT2D eigenvalue weighted by atomic mass is 9.82. The number of nitro benzene ring substituents is 2. The van der Waals surface area contributed by atoms with Crippen molar-refractivity contribution in [3.8, 4) is 24.7 Å². The van der Waals surface area contributed by atoms with Crippen LogP contribution in [0.3, 0.4) is 0 Å². The molecule has 0 N–H and O–H groups in total. The molecule has 0 heterocycles. The van der Waals surface area contributed by atoms with E-state index in [9.17, 15) is 20.2 Å². The van der Waals surface area contributed by atoms with Gasteiger partial charge < -0.3 is 0 Å². The summed E-state index contributed by atoms with van der Waals surface area (Å²) in [6.07, 6.45) is 11.2. The smallest absolute Gasteiger partial charge is 0.258 e. The van der Waals surface area contributed by atoms with Crippen LogP contribution in [0.25, 0.3) is 0 Å². The SMILES string of the molecule is C#CC(c1ccc([N+](=O)[O-])cc1)C(C#C)c1ccc([N+](=O)[O-])cc1. The molecule has 0 radical (unpaired) electrons. The van der Waals surface area contributed by atoms with Crippen molar-refractivity contribution in [3.63, 3.8) is 0 Å². The summed E-state index contributed by atoms with van der Waals surface area (Å²) in [4.78, 5) is 20.5. The van der Waals surface area contributed by atoms with Gasteiger partial charge >= 0.3 is 0 Å². The maximum atomic E-state index is 10.7. The van der Waals surface area contributed by atoms with Gasteiger partial charge in [-0.3, -0.25) is 20.2 Å². The fourth-order valence-electron chi connectivity index (χ4n) is 2.38. The summed E-state index contributed by atoms with van der Waals surface area (Å²) in [5, 5.41) is 21.5. The van der Waals surface area contributed by atoms with Crippen molar-refractivity contribution in [2.45, 2.75) is 11.8 Å². The molecule has 2 aromatic rings. The standard InChI is InChI=1S/C18H12N2O4/c1-3-17(13-5-9-15(10-6-13)19(21)22)18(4-2)14-7-11-16(12-8-14)20(23)24/h1-2,5-12,17-18H. The molecule has 6 heteroatoms. The Balaban J connectivity index is 2.36. The van der Waals surface area contributed by atoms with Crippen LogP contribution in [0, 0.1) is 44.9 Å². The molecule has 2 atom stereocenters. The number of benzene rings is 2. The van der Waals surface area contributed by atoms with Crippen LogP contribution in [-0.4, -0.2) is 9.85 Å². The summed E-state index contributed by atoms with van der Waals surface area (Å²) in [5.41, 5.74) is 1.26. The number of nitrogens with zero attached hydrogens (tertiary/aromatic N) is 2. The van der Waals surface area contributed by atoms with Crippen LogP contribution in [-0.2, 0) is 0 Å². The van der Waals surface area contributed by atoms with E-state index in [-0.39, 0.29) is 11.4 Å². The van der Waals surface area contributed by atoms with E-state index in [1.165, 1.54) is 24.3 Å². The fourth-order valence-corrected chi connectivity index (χ4v) is 2.38. The third-order valence-electron chi connectivity index (χ3n) is 3.62. The van der Waals surface area contributed by atoms with Gasteiger partial charge in [0, 0.05) is 24.3 Å². The quantitative estimate of drug-likeness (QED) is 0.478. The number of non-ortho nitro benzene ring substituents is 2. The zero-order valence-corrected chi connectivity index (χ0v) is 12.5. The van der Waals surface area contributed by atoms with Crippen molar-refractivity contribution in [1.29, 1.82) is 0 Å². The molecule has 2 aromatic carbocycles. The van der Waals surface area contributed by atoms with E-state index in [4.69, 9.17) is 12.8 Å². The first-order valence-electron chi connectivity index (χ1n) is 6.89. The summed E-state index contributed by atoms with van der Waals surface area (Å²) < 4.78 is 0. The Morgan fingerprint density at radius 3 is 1.21 bits per heavy atom. The second kappa shape index (κ2) is 7.08. The molecular formula is C18H12N2O4. The number of hydrogen-bond acceptors (Lipinski definition) is 4. The minimum absolute atomic E-state index is 0.0397. The largest absolute Gasteiger partial charge is 0.269 e. The Kier molecular flexibility index (Phi) is 4.93. The lowest BCUT2D eigenvalue weighted by Gasteiger charge is -2.19. The molecule has 0 amide bonds. The zero-order valence-electron chi connectivity index (χ0n) is 12.5. The molecule has 2 rings (SSSR count). The average molecular weight is 320 g/mol. The second-order valence-corrected chi connectivity index (χ2v) is 4.99. The van der Waals surface area contributed by atoms with Gasteiger partial charge in [-0.2, -0.15) is 0 Å². The average Bonchev–Trinajstić information content (AvgIpc) is 2.59. The first-order chi connectivity index (χ1) is 11.5. The molecule has 2 unspecified atom stereocenters. The summed E-state index contributed by atoms with van der Waals surface area (Å²) in [5.74, 6) is 4.21. The molecule has 0 aliphatic rings. The minimum atomic E-state index is -0.503. The van der Waals surface area contributed by atoms with Gasteiger partial charge in [-0.15, -0.1) is 12.8 Å². The van der Waals surface area contributed by atoms with E-state index in [1.54, 1.807) is 24.3 Å². The van der Waals surface area contributed by atoms with Gasteiger partial charge in [-0.25, -0.2) is 0 Å². The van der Waals surface area contributed by atoms with Gasteiger partial charge in [-0.05, 0) is 11.1 Å². The van der Waals surface area contributed by atoms with E-state index in [2.05, 4.69) is 11.8 Å². The van der Waals surface area contributed by atoms with Crippen molar-refractivity contribution in [2.75, 3.05) is 0 Å². The topological polar surface area (TPSA) is 86.3 Å². The monoisotopic (exact) mass is 320 g/mol. The Morgan fingerprint density at radius 1 is 0.708 bits per heavy atom. The highest BCUT2D eigenvalue weighted by molar-refractivity contribution is 5.44. The molecule has 0 saturated carbocycles. The molecule has 0 bridgehead atoms. The van der Waals surface area contributed by atoms with Crippen molar-refractivity contribution < 1.29 is 9.85 Å². The second-order valence-electron chi connectivity index (χ2n) is 4.99. The zero-order chi connectivity index (χ0) is 17.7. The summed E-state index contributed by atoms with van der Waals surface area (Å²) >= 11 is 0. The maximum Gasteiger partial charge on any atom is 0.269 e. The van der Waals surface area contributed by atoms with Crippen LogP contribution in [0.4, 0.5) is 11.4 Å². The Labute approximate surface area is 138 Å². The van der Waals surface area contributed by atoms with Gasteiger partial charge in [0.1, 0.15) is 0 Å². The molecule has 0 saturated heterocycles. The highest BCUT2D eigenvalue weighted by Gasteiger charge is 2.22. The van der Waals surface area contributed by atoms with Gasteiger partial charge in [0.05, 0.1) is 21.7 Å². The predicted octanol–water partition coefficient (Wildman–Crippen LogP) is 3.64. The molecule has 0 fully saturated rings. The van der Waals surface area contributed by atoms with Gasteiger partial charge in [-0.1, -0.05) is 36.1 Å². The van der Waals surface area contributed by atoms with Gasteiger partial charge in [0.2, 0.25) is 0 Å². The summed E-state index contributed by atoms with van der Waals surface area (Å²) in [6.45, 7) is 0. The Morgan fingerprint density at radius 2 is 1.00 bits per heavy atom. The van der Waals surface area contributed by atoms with Crippen LogP contribution in [0.2, 0.25) is 0 Å². The first kappa shape index (κ1) is 16.7. The van der Waals surface area contributed by atoms with E-state index < -0.39 is 21.7 Å². The number of rotatable bonds is 5. The lowest BCUT2D eigenvalue weighted by Crippen LogP contribution is -2.08. The predicted molar refractivity (Wildman–Crippen MR) is 89.3 cm³/mol. The fraction of sp³-hybridized carbons (Fsp3) is 0.111. The molecule has 0 aromatic heterocycles. The molecule has 6 nitrogen and oxygen atoms in total. The first-order valence-corrected chi connectivity index (χ1v) is 6.89. The summed E-state index contributed by atoms with van der Waals surface area (Å²) in [7, 11) is 0. The van der Waals surface area contributed by atoms with Crippen LogP contribution >= 0.6 is 0 Å². The lowest BCUT2D eigenvalue weighted by molar-refractivity contribution is -0.385. The highest BCUT2D eigenvalue weighted by atomic mass is 16.6. The van der Waals surface area contributed by atoms with Gasteiger partial charge in [0.15, 0.2) is 0 Å². The van der Waals surface area contributed by atoms with Crippen LogP contribution in [0.5, 0.6) is 0 Å².